The molecule has 10 heavy (non-hydrogen) atoms. The molecule has 0 unspecified atom stereocenters. The van der Waals surface area contributed by atoms with Crippen LogP contribution in [0.5, 0.6) is 0 Å². The zero-order valence-electron chi connectivity index (χ0n) is 6.44. The first-order chi connectivity index (χ1) is 4.91. The van der Waals surface area contributed by atoms with Crippen LogP contribution in [0, 0.1) is 0 Å². The van der Waals surface area contributed by atoms with Gasteiger partial charge >= 0.3 is 0 Å². The molecule has 0 aromatic heterocycles. The van der Waals surface area contributed by atoms with Crippen molar-refractivity contribution in [1.29, 1.82) is 0 Å². The average Bonchev–Trinajstić information content (AvgIpc) is 1.97. The Morgan fingerprint density at radius 1 is 1.40 bits per heavy atom. The quantitative estimate of drug-likeness (QED) is 0.442. The van der Waals surface area contributed by atoms with Crippen molar-refractivity contribution in [3.05, 3.63) is 0 Å². The Bertz CT molecular complexity index is 53.6. The van der Waals surface area contributed by atoms with Gasteiger partial charge < -0.3 is 4.74 Å². The molecule has 0 rings (SSSR count). The van der Waals surface area contributed by atoms with Gasteiger partial charge in [-0.25, -0.2) is 0 Å². The molecular weight excluding hydrogens is 168 g/mol. The largest absolute Gasteiger partial charge is 0.381 e. The highest BCUT2D eigenvalue weighted by molar-refractivity contribution is 7.99. The highest BCUT2D eigenvalue weighted by Gasteiger charge is 1.87. The summed E-state index contributed by atoms with van der Waals surface area (Å²) >= 11 is 7.41. The van der Waals surface area contributed by atoms with E-state index in [1.807, 2.05) is 18.7 Å². The molecule has 0 saturated carbocycles. The van der Waals surface area contributed by atoms with Crippen molar-refractivity contribution in [3.8, 4) is 0 Å². The third kappa shape index (κ3) is 8.60. The SMILES string of the molecule is CCOCCSCCCCl. The first kappa shape index (κ1) is 10.6. The molecule has 0 aromatic carbocycles. The zero-order chi connectivity index (χ0) is 7.66. The Kier molecular flexibility index (Phi) is 10.2. The molecule has 1 nitrogen and oxygen atoms in total. The lowest BCUT2D eigenvalue weighted by atomic mass is 10.6. The number of hydrogen-bond acceptors (Lipinski definition) is 2. The van der Waals surface area contributed by atoms with Crippen LogP contribution < -0.4 is 0 Å². The molecule has 0 bridgehead atoms. The van der Waals surface area contributed by atoms with Crippen LogP contribution in [0.25, 0.3) is 0 Å². The van der Waals surface area contributed by atoms with Crippen LogP contribution in [0.15, 0.2) is 0 Å². The van der Waals surface area contributed by atoms with E-state index in [-0.39, 0.29) is 0 Å². The van der Waals surface area contributed by atoms with Gasteiger partial charge in [0.15, 0.2) is 0 Å². The number of rotatable bonds is 7. The molecule has 0 saturated heterocycles. The van der Waals surface area contributed by atoms with Crippen LogP contribution in [0.3, 0.4) is 0 Å². The Labute approximate surface area is 72.5 Å². The first-order valence-corrected chi connectivity index (χ1v) is 5.32. The van der Waals surface area contributed by atoms with E-state index < -0.39 is 0 Å². The summed E-state index contributed by atoms with van der Waals surface area (Å²) < 4.78 is 5.16. The maximum atomic E-state index is 5.50. The Morgan fingerprint density at radius 2 is 2.20 bits per heavy atom. The summed E-state index contributed by atoms with van der Waals surface area (Å²) in [5, 5.41) is 0. The van der Waals surface area contributed by atoms with Gasteiger partial charge in [-0.15, -0.1) is 11.6 Å². The maximum absolute atomic E-state index is 5.50. The Morgan fingerprint density at radius 3 is 2.80 bits per heavy atom. The van der Waals surface area contributed by atoms with E-state index in [1.165, 1.54) is 0 Å². The molecule has 0 radical (unpaired) electrons. The van der Waals surface area contributed by atoms with Crippen molar-refractivity contribution < 1.29 is 4.74 Å². The number of alkyl halides is 1. The van der Waals surface area contributed by atoms with Crippen molar-refractivity contribution in [1.82, 2.24) is 0 Å². The molecule has 0 aromatic rings. The van der Waals surface area contributed by atoms with Crippen LogP contribution in [0.4, 0.5) is 0 Å². The minimum Gasteiger partial charge on any atom is -0.381 e. The standard InChI is InChI=1S/C7H15ClOS/c1-2-9-5-7-10-6-3-4-8/h2-7H2,1H3. The van der Waals surface area contributed by atoms with Gasteiger partial charge in [-0.1, -0.05) is 0 Å². The second-order valence-electron chi connectivity index (χ2n) is 1.85. The van der Waals surface area contributed by atoms with Crippen LogP contribution in [0.1, 0.15) is 13.3 Å². The predicted molar refractivity (Wildman–Crippen MR) is 49.2 cm³/mol. The van der Waals surface area contributed by atoms with Gasteiger partial charge in [-0.05, 0) is 19.1 Å². The van der Waals surface area contributed by atoms with E-state index >= 15 is 0 Å². The molecule has 0 amide bonds. The summed E-state index contributed by atoms with van der Waals surface area (Å²) in [5.41, 5.74) is 0. The van der Waals surface area contributed by atoms with E-state index in [9.17, 15) is 0 Å². The van der Waals surface area contributed by atoms with Crippen molar-refractivity contribution in [2.75, 3.05) is 30.6 Å². The van der Waals surface area contributed by atoms with Crippen molar-refractivity contribution in [2.45, 2.75) is 13.3 Å². The summed E-state index contributed by atoms with van der Waals surface area (Å²) in [6.07, 6.45) is 1.11. The highest BCUT2D eigenvalue weighted by atomic mass is 35.5. The van der Waals surface area contributed by atoms with E-state index in [4.69, 9.17) is 16.3 Å². The van der Waals surface area contributed by atoms with Crippen LogP contribution in [-0.2, 0) is 4.74 Å². The van der Waals surface area contributed by atoms with Gasteiger partial charge in [-0.3, -0.25) is 0 Å². The zero-order valence-corrected chi connectivity index (χ0v) is 8.01. The van der Waals surface area contributed by atoms with Gasteiger partial charge in [-0.2, -0.15) is 11.8 Å². The average molecular weight is 183 g/mol. The van der Waals surface area contributed by atoms with E-state index in [0.29, 0.717) is 0 Å². The summed E-state index contributed by atoms with van der Waals surface area (Å²) in [4.78, 5) is 0. The van der Waals surface area contributed by atoms with Crippen LogP contribution in [0.2, 0.25) is 0 Å². The van der Waals surface area contributed by atoms with Crippen LogP contribution >= 0.6 is 23.4 Å². The lowest BCUT2D eigenvalue weighted by molar-refractivity contribution is 0.164. The summed E-state index contributed by atoms with van der Waals surface area (Å²) in [7, 11) is 0. The number of hydrogen-bond donors (Lipinski definition) is 0. The highest BCUT2D eigenvalue weighted by Crippen LogP contribution is 2.02. The molecule has 0 aliphatic heterocycles. The monoisotopic (exact) mass is 182 g/mol. The van der Waals surface area contributed by atoms with Gasteiger partial charge in [0.2, 0.25) is 0 Å². The molecular formula is C7H15ClOS. The second-order valence-corrected chi connectivity index (χ2v) is 3.45. The maximum Gasteiger partial charge on any atom is 0.0556 e. The minimum atomic E-state index is 0.779. The van der Waals surface area contributed by atoms with E-state index in [0.717, 1.165) is 37.0 Å². The third-order valence-electron chi connectivity index (χ3n) is 0.998. The number of halogens is 1. The number of ether oxygens (including phenoxy) is 1. The second kappa shape index (κ2) is 9.60. The third-order valence-corrected chi connectivity index (χ3v) is 2.30. The fourth-order valence-corrected chi connectivity index (χ4v) is 1.60. The van der Waals surface area contributed by atoms with E-state index in [2.05, 4.69) is 0 Å². The Hall–Kier alpha value is 0.600. The van der Waals surface area contributed by atoms with Gasteiger partial charge in [0.25, 0.3) is 0 Å². The number of thioether (sulfide) groups is 1. The lowest BCUT2D eigenvalue weighted by Gasteiger charge is -1.99. The molecule has 0 atom stereocenters. The van der Waals surface area contributed by atoms with Gasteiger partial charge in [0.05, 0.1) is 6.61 Å². The molecule has 0 aliphatic rings. The first-order valence-electron chi connectivity index (χ1n) is 3.63. The topological polar surface area (TPSA) is 9.23 Å². The molecule has 0 spiro atoms. The fourth-order valence-electron chi connectivity index (χ4n) is 0.521. The van der Waals surface area contributed by atoms with Crippen molar-refractivity contribution >= 4 is 23.4 Å². The molecule has 3 heteroatoms. The molecule has 62 valence electrons. The smallest absolute Gasteiger partial charge is 0.0556 e. The summed E-state index contributed by atoms with van der Waals surface area (Å²) in [6.45, 7) is 3.73. The normalized spacial score (nSPS) is 10.2. The minimum absolute atomic E-state index is 0.779. The summed E-state index contributed by atoms with van der Waals surface area (Å²) in [5.74, 6) is 3.04. The summed E-state index contributed by atoms with van der Waals surface area (Å²) in [6, 6.07) is 0. The van der Waals surface area contributed by atoms with Crippen molar-refractivity contribution in [2.24, 2.45) is 0 Å². The molecule has 0 heterocycles. The van der Waals surface area contributed by atoms with E-state index in [1.54, 1.807) is 0 Å². The lowest BCUT2D eigenvalue weighted by Crippen LogP contribution is -1.96. The van der Waals surface area contributed by atoms with Gasteiger partial charge in [0, 0.05) is 18.2 Å². The van der Waals surface area contributed by atoms with Crippen molar-refractivity contribution in [3.63, 3.8) is 0 Å². The van der Waals surface area contributed by atoms with Crippen LogP contribution in [-0.4, -0.2) is 30.6 Å². The molecule has 0 fully saturated rings. The molecule has 0 N–H and O–H groups in total. The fraction of sp³-hybridized carbons (Fsp3) is 1.00. The van der Waals surface area contributed by atoms with Gasteiger partial charge in [0.1, 0.15) is 0 Å². The molecule has 0 aliphatic carbocycles. The predicted octanol–water partition coefficient (Wildman–Crippen LogP) is 2.39. The Balaban J connectivity index is 2.65.